The van der Waals surface area contributed by atoms with Gasteiger partial charge in [0.05, 0.1) is 17.3 Å². The molecule has 1 aromatic heterocycles. The molecule has 0 amide bonds. The van der Waals surface area contributed by atoms with Gasteiger partial charge in [0.25, 0.3) is 0 Å². The van der Waals surface area contributed by atoms with E-state index in [4.69, 9.17) is 9.84 Å². The molecule has 2 heterocycles. The molecule has 0 unspecified atom stereocenters. The van der Waals surface area contributed by atoms with Crippen LogP contribution in [-0.4, -0.2) is 23.0 Å². The number of halogens is 1. The van der Waals surface area contributed by atoms with E-state index in [0.29, 0.717) is 12.0 Å². The van der Waals surface area contributed by atoms with Gasteiger partial charge in [-0.2, -0.15) is 5.10 Å². The quantitative estimate of drug-likeness (QED) is 0.835. The van der Waals surface area contributed by atoms with Crippen LogP contribution in [0.1, 0.15) is 43.3 Å². The van der Waals surface area contributed by atoms with Gasteiger partial charge in [0.15, 0.2) is 0 Å². The summed E-state index contributed by atoms with van der Waals surface area (Å²) >= 11 is 3.71. The number of ether oxygens (including phenoxy) is 1. The Balaban J connectivity index is 1.88. The highest BCUT2D eigenvalue weighted by Crippen LogP contribution is 2.41. The van der Waals surface area contributed by atoms with Gasteiger partial charge in [0, 0.05) is 29.0 Å². The standard InChI is InChI=1S/C15H17BrN2O/c16-12-2-1-3-13-14(12)15(10-6-8-19-9-7-10)17-18(13)11-4-5-11/h1-3,10-11H,4-9H2. The first-order valence-electron chi connectivity index (χ1n) is 7.09. The van der Waals surface area contributed by atoms with Gasteiger partial charge in [0.2, 0.25) is 0 Å². The van der Waals surface area contributed by atoms with E-state index in [9.17, 15) is 0 Å². The van der Waals surface area contributed by atoms with E-state index in [1.54, 1.807) is 0 Å². The summed E-state index contributed by atoms with van der Waals surface area (Å²) in [6.45, 7) is 1.74. The number of rotatable bonds is 2. The Bertz CT molecular complexity index is 612. The second-order valence-corrected chi connectivity index (χ2v) is 6.44. The first-order valence-corrected chi connectivity index (χ1v) is 7.88. The predicted molar refractivity (Wildman–Crippen MR) is 78.5 cm³/mol. The van der Waals surface area contributed by atoms with Crippen LogP contribution in [0.2, 0.25) is 0 Å². The molecule has 4 heteroatoms. The fourth-order valence-corrected chi connectivity index (χ4v) is 3.59. The third kappa shape index (κ3) is 2.01. The molecule has 2 aliphatic rings. The van der Waals surface area contributed by atoms with Crippen molar-refractivity contribution >= 4 is 26.8 Å². The van der Waals surface area contributed by atoms with Gasteiger partial charge in [-0.05, 0) is 37.8 Å². The van der Waals surface area contributed by atoms with Crippen molar-refractivity contribution in [3.63, 3.8) is 0 Å². The van der Waals surface area contributed by atoms with Crippen molar-refractivity contribution in [2.45, 2.75) is 37.6 Å². The zero-order valence-electron chi connectivity index (χ0n) is 10.8. The summed E-state index contributed by atoms with van der Waals surface area (Å²) in [6, 6.07) is 7.07. The van der Waals surface area contributed by atoms with Gasteiger partial charge in [-0.15, -0.1) is 0 Å². The smallest absolute Gasteiger partial charge is 0.0747 e. The van der Waals surface area contributed by atoms with E-state index >= 15 is 0 Å². The summed E-state index contributed by atoms with van der Waals surface area (Å²) in [4.78, 5) is 0. The Morgan fingerprint density at radius 2 is 1.95 bits per heavy atom. The van der Waals surface area contributed by atoms with Gasteiger partial charge in [-0.25, -0.2) is 0 Å². The average Bonchev–Trinajstić information content (AvgIpc) is 3.21. The molecule has 1 saturated carbocycles. The minimum Gasteiger partial charge on any atom is -0.381 e. The Hall–Kier alpha value is -0.870. The molecule has 2 fully saturated rings. The van der Waals surface area contributed by atoms with Crippen LogP contribution in [0.15, 0.2) is 22.7 Å². The number of hydrogen-bond donors (Lipinski definition) is 0. The molecule has 1 saturated heterocycles. The van der Waals surface area contributed by atoms with E-state index in [0.717, 1.165) is 26.1 Å². The maximum absolute atomic E-state index is 5.48. The summed E-state index contributed by atoms with van der Waals surface area (Å²) in [5.41, 5.74) is 2.57. The first-order chi connectivity index (χ1) is 9.34. The van der Waals surface area contributed by atoms with Crippen molar-refractivity contribution in [1.29, 1.82) is 0 Å². The lowest BCUT2D eigenvalue weighted by atomic mass is 9.94. The van der Waals surface area contributed by atoms with Crippen molar-refractivity contribution in [2.75, 3.05) is 13.2 Å². The molecule has 3 nitrogen and oxygen atoms in total. The van der Waals surface area contributed by atoms with Crippen molar-refractivity contribution < 1.29 is 4.74 Å². The van der Waals surface area contributed by atoms with Gasteiger partial charge in [-0.3, -0.25) is 4.68 Å². The molecule has 0 atom stereocenters. The zero-order chi connectivity index (χ0) is 12.8. The summed E-state index contributed by atoms with van der Waals surface area (Å²) in [7, 11) is 0. The lowest BCUT2D eigenvalue weighted by Crippen LogP contribution is -2.15. The number of aromatic nitrogens is 2. The molecule has 1 aliphatic carbocycles. The molecule has 100 valence electrons. The van der Waals surface area contributed by atoms with Crippen LogP contribution in [0.25, 0.3) is 10.9 Å². The van der Waals surface area contributed by atoms with Gasteiger partial charge < -0.3 is 4.74 Å². The third-order valence-electron chi connectivity index (χ3n) is 4.21. The summed E-state index contributed by atoms with van der Waals surface area (Å²) in [5.74, 6) is 0.551. The van der Waals surface area contributed by atoms with Crippen LogP contribution < -0.4 is 0 Å². The fourth-order valence-electron chi connectivity index (χ4n) is 3.03. The molecule has 0 bridgehead atoms. The van der Waals surface area contributed by atoms with Gasteiger partial charge in [0.1, 0.15) is 0 Å². The second-order valence-electron chi connectivity index (χ2n) is 5.58. The van der Waals surface area contributed by atoms with Crippen molar-refractivity contribution in [3.8, 4) is 0 Å². The lowest BCUT2D eigenvalue weighted by Gasteiger charge is -2.20. The number of nitrogens with zero attached hydrogens (tertiary/aromatic N) is 2. The van der Waals surface area contributed by atoms with E-state index in [1.165, 1.54) is 33.9 Å². The van der Waals surface area contributed by atoms with Crippen molar-refractivity contribution in [3.05, 3.63) is 28.4 Å². The highest BCUT2D eigenvalue weighted by Gasteiger charge is 2.30. The van der Waals surface area contributed by atoms with Crippen LogP contribution in [0.5, 0.6) is 0 Å². The average molecular weight is 321 g/mol. The number of hydrogen-bond acceptors (Lipinski definition) is 2. The predicted octanol–water partition coefficient (Wildman–Crippen LogP) is 4.03. The van der Waals surface area contributed by atoms with Crippen LogP contribution in [0.3, 0.4) is 0 Å². The fraction of sp³-hybridized carbons (Fsp3) is 0.533. The SMILES string of the molecule is Brc1cccc2c1c(C1CCOCC1)nn2C1CC1. The van der Waals surface area contributed by atoms with Crippen molar-refractivity contribution in [2.24, 2.45) is 0 Å². The molecule has 4 rings (SSSR count). The molecule has 0 spiro atoms. The topological polar surface area (TPSA) is 27.1 Å². The molecule has 19 heavy (non-hydrogen) atoms. The largest absolute Gasteiger partial charge is 0.381 e. The third-order valence-corrected chi connectivity index (χ3v) is 4.87. The minimum absolute atomic E-state index is 0.551. The van der Waals surface area contributed by atoms with Crippen LogP contribution in [0, 0.1) is 0 Å². The number of benzene rings is 1. The molecule has 0 radical (unpaired) electrons. The molecular weight excluding hydrogens is 304 g/mol. The normalized spacial score (nSPS) is 21.1. The maximum atomic E-state index is 5.48. The lowest BCUT2D eigenvalue weighted by molar-refractivity contribution is 0.0846. The Morgan fingerprint density at radius 3 is 2.68 bits per heavy atom. The molecular formula is C15H17BrN2O. The maximum Gasteiger partial charge on any atom is 0.0747 e. The monoisotopic (exact) mass is 320 g/mol. The molecule has 0 N–H and O–H groups in total. The van der Waals surface area contributed by atoms with E-state index in [2.05, 4.69) is 38.8 Å². The van der Waals surface area contributed by atoms with Crippen LogP contribution in [-0.2, 0) is 4.74 Å². The Morgan fingerprint density at radius 1 is 1.16 bits per heavy atom. The van der Waals surface area contributed by atoms with E-state index < -0.39 is 0 Å². The van der Waals surface area contributed by atoms with Gasteiger partial charge in [-0.1, -0.05) is 22.0 Å². The molecule has 2 aromatic rings. The Labute approximate surface area is 121 Å². The highest BCUT2D eigenvalue weighted by molar-refractivity contribution is 9.10. The van der Waals surface area contributed by atoms with Crippen LogP contribution >= 0.6 is 15.9 Å². The number of fused-ring (bicyclic) bond motifs is 1. The van der Waals surface area contributed by atoms with Gasteiger partial charge >= 0.3 is 0 Å². The summed E-state index contributed by atoms with van der Waals surface area (Å²) in [6.07, 6.45) is 4.74. The second kappa shape index (κ2) is 4.60. The zero-order valence-corrected chi connectivity index (χ0v) is 12.4. The van der Waals surface area contributed by atoms with E-state index in [1.807, 2.05) is 0 Å². The molecule has 1 aromatic carbocycles. The van der Waals surface area contributed by atoms with E-state index in [-0.39, 0.29) is 0 Å². The van der Waals surface area contributed by atoms with Crippen LogP contribution in [0.4, 0.5) is 0 Å². The summed E-state index contributed by atoms with van der Waals surface area (Å²) < 4.78 is 8.92. The Kier molecular flexibility index (Phi) is 2.88. The molecule has 1 aliphatic heterocycles. The summed E-state index contributed by atoms with van der Waals surface area (Å²) in [5, 5.41) is 6.29. The first kappa shape index (κ1) is 11.9. The van der Waals surface area contributed by atoms with Crippen molar-refractivity contribution in [1.82, 2.24) is 9.78 Å². The minimum atomic E-state index is 0.551. The highest BCUT2D eigenvalue weighted by atomic mass is 79.9.